The highest BCUT2D eigenvalue weighted by molar-refractivity contribution is 4.90. The number of alkyl halides is 6. The first-order chi connectivity index (χ1) is 7.55. The van der Waals surface area contributed by atoms with Crippen molar-refractivity contribution in [2.75, 3.05) is 13.1 Å². The molecule has 8 heteroatoms. The van der Waals surface area contributed by atoms with Crippen molar-refractivity contribution < 1.29 is 31.4 Å². The van der Waals surface area contributed by atoms with E-state index in [0.717, 1.165) is 0 Å². The van der Waals surface area contributed by atoms with E-state index in [-0.39, 0.29) is 25.9 Å². The summed E-state index contributed by atoms with van der Waals surface area (Å²) in [5.74, 6) is -3.46. The third kappa shape index (κ3) is 4.02. The smallest absolute Gasteiger partial charge is 0.390 e. The molecule has 1 saturated heterocycles. The second kappa shape index (κ2) is 4.64. The maximum Gasteiger partial charge on any atom is 0.400 e. The van der Waals surface area contributed by atoms with Gasteiger partial charge in [0.1, 0.15) is 0 Å². The standard InChI is InChI=1S/C9H13F6NO/c10-8(11,12)6(9(13,14)15)5-7(17)1-3-16-4-2-7/h6,16-17H,1-5H2. The lowest BCUT2D eigenvalue weighted by atomic mass is 9.83. The zero-order chi connectivity index (χ0) is 13.3. The molecule has 0 radical (unpaired) electrons. The van der Waals surface area contributed by atoms with E-state index in [1.54, 1.807) is 0 Å². The molecule has 0 aromatic heterocycles. The van der Waals surface area contributed by atoms with Crippen molar-refractivity contribution in [2.24, 2.45) is 5.92 Å². The normalized spacial score (nSPS) is 21.9. The van der Waals surface area contributed by atoms with E-state index in [9.17, 15) is 31.4 Å². The lowest BCUT2D eigenvalue weighted by Gasteiger charge is -2.36. The van der Waals surface area contributed by atoms with Crippen LogP contribution in [0.1, 0.15) is 19.3 Å². The highest BCUT2D eigenvalue weighted by Crippen LogP contribution is 2.45. The predicted molar refractivity (Wildman–Crippen MR) is 47.3 cm³/mol. The minimum atomic E-state index is -5.38. The van der Waals surface area contributed by atoms with Crippen LogP contribution in [-0.2, 0) is 0 Å². The molecule has 0 bridgehead atoms. The first-order valence-corrected chi connectivity index (χ1v) is 5.11. The summed E-state index contributed by atoms with van der Waals surface area (Å²) in [6, 6.07) is 0. The minimum Gasteiger partial charge on any atom is -0.390 e. The Bertz CT molecular complexity index is 241. The third-order valence-electron chi connectivity index (χ3n) is 2.91. The molecule has 0 aromatic rings. The van der Waals surface area contributed by atoms with Crippen molar-refractivity contribution in [3.05, 3.63) is 0 Å². The summed E-state index contributed by atoms with van der Waals surface area (Å²) in [4.78, 5) is 0. The first kappa shape index (κ1) is 14.6. The van der Waals surface area contributed by atoms with Gasteiger partial charge in [-0.2, -0.15) is 26.3 Å². The SMILES string of the molecule is OC1(CC(C(F)(F)F)C(F)(F)F)CCNCC1. The Balaban J connectivity index is 2.79. The van der Waals surface area contributed by atoms with Crippen LogP contribution in [0.5, 0.6) is 0 Å². The average molecular weight is 265 g/mol. The number of piperidine rings is 1. The zero-order valence-corrected chi connectivity index (χ0v) is 8.83. The van der Waals surface area contributed by atoms with Gasteiger partial charge in [0.2, 0.25) is 0 Å². The second-order valence-corrected chi connectivity index (χ2v) is 4.31. The highest BCUT2D eigenvalue weighted by atomic mass is 19.4. The number of aliphatic hydroxyl groups is 1. The van der Waals surface area contributed by atoms with Crippen LogP contribution >= 0.6 is 0 Å². The molecule has 0 spiro atoms. The van der Waals surface area contributed by atoms with Gasteiger partial charge in [0.15, 0.2) is 5.92 Å². The van der Waals surface area contributed by atoms with Crippen molar-refractivity contribution in [3.63, 3.8) is 0 Å². The Labute approximate surface area is 94.0 Å². The number of hydrogen-bond donors (Lipinski definition) is 2. The third-order valence-corrected chi connectivity index (χ3v) is 2.91. The molecule has 0 aliphatic carbocycles. The molecular formula is C9H13F6NO. The van der Waals surface area contributed by atoms with Crippen LogP contribution in [0.15, 0.2) is 0 Å². The van der Waals surface area contributed by atoms with Crippen molar-refractivity contribution in [1.29, 1.82) is 0 Å². The quantitative estimate of drug-likeness (QED) is 0.750. The fourth-order valence-corrected chi connectivity index (χ4v) is 1.89. The fourth-order valence-electron chi connectivity index (χ4n) is 1.89. The predicted octanol–water partition coefficient (Wildman–Crippen LogP) is 2.23. The number of rotatable bonds is 2. The topological polar surface area (TPSA) is 32.3 Å². The number of halogens is 6. The molecule has 1 aliphatic heterocycles. The van der Waals surface area contributed by atoms with Crippen LogP contribution in [0, 0.1) is 5.92 Å². The summed E-state index contributed by atoms with van der Waals surface area (Å²) < 4.78 is 73.8. The molecule has 0 amide bonds. The lowest BCUT2D eigenvalue weighted by Crippen LogP contribution is -2.48. The Morgan fingerprint density at radius 3 is 1.76 bits per heavy atom. The summed E-state index contributed by atoms with van der Waals surface area (Å²) >= 11 is 0. The van der Waals surface area contributed by atoms with Gasteiger partial charge in [-0.3, -0.25) is 0 Å². The molecular weight excluding hydrogens is 252 g/mol. The van der Waals surface area contributed by atoms with Gasteiger partial charge in [0.05, 0.1) is 5.60 Å². The molecule has 17 heavy (non-hydrogen) atoms. The van der Waals surface area contributed by atoms with Gasteiger partial charge in [-0.15, -0.1) is 0 Å². The van der Waals surface area contributed by atoms with E-state index in [1.165, 1.54) is 0 Å². The van der Waals surface area contributed by atoms with Crippen molar-refractivity contribution in [3.8, 4) is 0 Å². The van der Waals surface area contributed by atoms with E-state index in [2.05, 4.69) is 5.32 Å². The second-order valence-electron chi connectivity index (χ2n) is 4.31. The minimum absolute atomic E-state index is 0.102. The molecule has 2 N–H and O–H groups in total. The van der Waals surface area contributed by atoms with Crippen molar-refractivity contribution in [2.45, 2.75) is 37.2 Å². The molecule has 0 unspecified atom stereocenters. The number of hydrogen-bond acceptors (Lipinski definition) is 2. The molecule has 1 rings (SSSR count). The van der Waals surface area contributed by atoms with E-state index in [4.69, 9.17) is 0 Å². The largest absolute Gasteiger partial charge is 0.400 e. The molecule has 102 valence electrons. The Kier molecular flexibility index (Phi) is 3.97. The van der Waals surface area contributed by atoms with Crippen LogP contribution in [0.3, 0.4) is 0 Å². The van der Waals surface area contributed by atoms with Gasteiger partial charge >= 0.3 is 12.4 Å². The summed E-state index contributed by atoms with van der Waals surface area (Å²) in [5, 5.41) is 12.5. The first-order valence-electron chi connectivity index (χ1n) is 5.11. The van der Waals surface area contributed by atoms with Crippen LogP contribution in [0.2, 0.25) is 0 Å². The molecule has 0 atom stereocenters. The van der Waals surface area contributed by atoms with Crippen LogP contribution in [-0.4, -0.2) is 36.1 Å². The highest BCUT2D eigenvalue weighted by Gasteiger charge is 2.58. The summed E-state index contributed by atoms with van der Waals surface area (Å²) in [7, 11) is 0. The van der Waals surface area contributed by atoms with E-state index >= 15 is 0 Å². The molecule has 1 aliphatic rings. The zero-order valence-electron chi connectivity index (χ0n) is 8.83. The van der Waals surface area contributed by atoms with Crippen molar-refractivity contribution in [1.82, 2.24) is 5.32 Å². The molecule has 2 nitrogen and oxygen atoms in total. The van der Waals surface area contributed by atoms with Crippen LogP contribution in [0.4, 0.5) is 26.3 Å². The summed E-state index contributed by atoms with van der Waals surface area (Å²) in [6.45, 7) is 0.442. The molecule has 1 fully saturated rings. The molecule has 1 heterocycles. The van der Waals surface area contributed by atoms with Gasteiger partial charge in [-0.05, 0) is 32.4 Å². The summed E-state index contributed by atoms with van der Waals surface area (Å²) in [5.41, 5.74) is -1.89. The van der Waals surface area contributed by atoms with Gasteiger partial charge in [-0.25, -0.2) is 0 Å². The fraction of sp³-hybridized carbons (Fsp3) is 1.00. The Morgan fingerprint density at radius 1 is 1.00 bits per heavy atom. The van der Waals surface area contributed by atoms with Gasteiger partial charge < -0.3 is 10.4 Å². The maximum atomic E-state index is 12.3. The van der Waals surface area contributed by atoms with E-state index < -0.39 is 30.3 Å². The van der Waals surface area contributed by atoms with Crippen molar-refractivity contribution >= 4 is 0 Å². The maximum absolute atomic E-state index is 12.3. The van der Waals surface area contributed by atoms with Gasteiger partial charge in [-0.1, -0.05) is 0 Å². The van der Waals surface area contributed by atoms with E-state index in [1.807, 2.05) is 0 Å². The van der Waals surface area contributed by atoms with Crippen LogP contribution in [0.25, 0.3) is 0 Å². The monoisotopic (exact) mass is 265 g/mol. The molecule has 0 aromatic carbocycles. The van der Waals surface area contributed by atoms with Gasteiger partial charge in [0.25, 0.3) is 0 Å². The lowest BCUT2D eigenvalue weighted by molar-refractivity contribution is -0.295. The molecule has 0 saturated carbocycles. The Morgan fingerprint density at radius 2 is 1.41 bits per heavy atom. The number of nitrogens with one attached hydrogen (secondary N) is 1. The summed E-state index contributed by atoms with van der Waals surface area (Å²) in [6.07, 6.45) is -12.3. The average Bonchev–Trinajstić information content (AvgIpc) is 2.12. The Hall–Kier alpha value is -0.500. The van der Waals surface area contributed by atoms with Gasteiger partial charge in [0, 0.05) is 0 Å². The van der Waals surface area contributed by atoms with Crippen LogP contribution < -0.4 is 5.32 Å². The van der Waals surface area contributed by atoms with E-state index in [0.29, 0.717) is 0 Å².